The highest BCUT2D eigenvalue weighted by Crippen LogP contribution is 2.23. The number of hydrogen-bond donors (Lipinski definition) is 1. The fraction of sp³-hybridized carbons (Fsp3) is 0.250. The quantitative estimate of drug-likeness (QED) is 0.857. The highest BCUT2D eigenvalue weighted by Gasteiger charge is 2.14. The molecule has 4 nitrogen and oxygen atoms in total. The molecule has 2 aromatic rings. The molecule has 0 unspecified atom stereocenters. The van der Waals surface area contributed by atoms with Crippen LogP contribution in [0.3, 0.4) is 0 Å². The van der Waals surface area contributed by atoms with Crippen molar-refractivity contribution in [3.63, 3.8) is 0 Å². The second-order valence-corrected chi connectivity index (χ2v) is 5.84. The molecule has 0 aliphatic carbocycles. The number of halogens is 1. The van der Waals surface area contributed by atoms with Crippen molar-refractivity contribution in [2.24, 2.45) is 0 Å². The number of rotatable bonds is 5. The molecule has 22 heavy (non-hydrogen) atoms. The first-order chi connectivity index (χ1) is 10.5. The van der Waals surface area contributed by atoms with Crippen molar-refractivity contribution in [3.05, 3.63) is 51.5 Å². The summed E-state index contributed by atoms with van der Waals surface area (Å²) >= 11 is 1.38. The average molecular weight is 321 g/mol. The van der Waals surface area contributed by atoms with Gasteiger partial charge in [-0.1, -0.05) is 6.92 Å². The molecule has 0 aliphatic rings. The van der Waals surface area contributed by atoms with E-state index in [0.29, 0.717) is 10.6 Å². The molecule has 0 bridgehead atoms. The summed E-state index contributed by atoms with van der Waals surface area (Å²) in [6.07, 6.45) is 0.856. The number of hydrogen-bond acceptors (Lipinski definition) is 4. The van der Waals surface area contributed by atoms with Crippen molar-refractivity contribution < 1.29 is 18.7 Å². The van der Waals surface area contributed by atoms with Crippen molar-refractivity contribution in [3.8, 4) is 0 Å². The Morgan fingerprint density at radius 1 is 1.27 bits per heavy atom. The van der Waals surface area contributed by atoms with Crippen molar-refractivity contribution in [2.75, 3.05) is 11.9 Å². The van der Waals surface area contributed by atoms with Crippen LogP contribution in [-0.4, -0.2) is 18.5 Å². The number of nitrogens with one attached hydrogen (secondary N) is 1. The van der Waals surface area contributed by atoms with Crippen LogP contribution in [0.1, 0.15) is 27.0 Å². The molecule has 0 spiro atoms. The SMILES string of the molecule is CCc1sc(C(=O)OCC(=O)Nc2ccc(F)cc2)cc1C. The number of thiophene rings is 1. The Bertz CT molecular complexity index is 679. The number of anilines is 1. The third-order valence-corrected chi connectivity index (χ3v) is 4.37. The van der Waals surface area contributed by atoms with Crippen LogP contribution in [0.15, 0.2) is 30.3 Å². The third kappa shape index (κ3) is 4.14. The van der Waals surface area contributed by atoms with Crippen LogP contribution in [0, 0.1) is 12.7 Å². The first-order valence-corrected chi connectivity index (χ1v) is 7.63. The molecule has 1 N–H and O–H groups in total. The van der Waals surface area contributed by atoms with Gasteiger partial charge in [0.1, 0.15) is 10.7 Å². The van der Waals surface area contributed by atoms with Gasteiger partial charge in [-0.15, -0.1) is 11.3 Å². The normalized spacial score (nSPS) is 10.3. The van der Waals surface area contributed by atoms with E-state index in [-0.39, 0.29) is 12.4 Å². The first-order valence-electron chi connectivity index (χ1n) is 6.81. The largest absolute Gasteiger partial charge is 0.451 e. The Hall–Kier alpha value is -2.21. The molecule has 1 heterocycles. The number of benzene rings is 1. The molecular formula is C16H16FNO3S. The fourth-order valence-corrected chi connectivity index (χ4v) is 2.91. The van der Waals surface area contributed by atoms with Crippen LogP contribution >= 0.6 is 11.3 Å². The summed E-state index contributed by atoms with van der Waals surface area (Å²) in [7, 11) is 0. The molecule has 116 valence electrons. The lowest BCUT2D eigenvalue weighted by Crippen LogP contribution is -2.20. The maximum atomic E-state index is 12.7. The van der Waals surface area contributed by atoms with Crippen molar-refractivity contribution in [1.82, 2.24) is 0 Å². The van der Waals surface area contributed by atoms with Crippen LogP contribution in [0.2, 0.25) is 0 Å². The molecule has 1 amide bonds. The van der Waals surface area contributed by atoms with Gasteiger partial charge in [-0.3, -0.25) is 4.79 Å². The molecular weight excluding hydrogens is 305 g/mol. The summed E-state index contributed by atoms with van der Waals surface area (Å²) in [6, 6.07) is 7.12. The molecule has 0 saturated carbocycles. The van der Waals surface area contributed by atoms with E-state index >= 15 is 0 Å². The van der Waals surface area contributed by atoms with E-state index in [1.165, 1.54) is 35.6 Å². The maximum absolute atomic E-state index is 12.7. The van der Waals surface area contributed by atoms with Gasteiger partial charge in [0, 0.05) is 10.6 Å². The first kappa shape index (κ1) is 16.2. The minimum absolute atomic E-state index is 0.380. The number of aryl methyl sites for hydroxylation is 2. The molecule has 0 fully saturated rings. The van der Waals surface area contributed by atoms with Gasteiger partial charge >= 0.3 is 5.97 Å². The standard InChI is InChI=1S/C16H16FNO3S/c1-3-13-10(2)8-14(22-13)16(20)21-9-15(19)18-12-6-4-11(17)5-7-12/h4-8H,3,9H2,1-2H3,(H,18,19). The maximum Gasteiger partial charge on any atom is 0.348 e. The molecule has 2 rings (SSSR count). The Balaban J connectivity index is 1.87. The van der Waals surface area contributed by atoms with Crippen LogP contribution in [0.4, 0.5) is 10.1 Å². The zero-order valence-corrected chi connectivity index (χ0v) is 13.1. The molecule has 0 radical (unpaired) electrons. The smallest absolute Gasteiger partial charge is 0.348 e. The average Bonchev–Trinajstić information content (AvgIpc) is 2.88. The van der Waals surface area contributed by atoms with E-state index in [2.05, 4.69) is 5.32 Å². The van der Waals surface area contributed by atoms with E-state index in [1.807, 2.05) is 13.8 Å². The highest BCUT2D eigenvalue weighted by atomic mass is 32.1. The van der Waals surface area contributed by atoms with Gasteiger partial charge in [-0.2, -0.15) is 0 Å². The Morgan fingerprint density at radius 2 is 1.95 bits per heavy atom. The second-order valence-electron chi connectivity index (χ2n) is 4.70. The summed E-state index contributed by atoms with van der Waals surface area (Å²) in [5.74, 6) is -1.37. The van der Waals surface area contributed by atoms with E-state index < -0.39 is 11.9 Å². The number of amides is 1. The lowest BCUT2D eigenvalue weighted by molar-refractivity contribution is -0.119. The van der Waals surface area contributed by atoms with Gasteiger partial charge < -0.3 is 10.1 Å². The van der Waals surface area contributed by atoms with E-state index in [1.54, 1.807) is 6.07 Å². The minimum Gasteiger partial charge on any atom is -0.451 e. The van der Waals surface area contributed by atoms with Gasteiger partial charge in [0.15, 0.2) is 6.61 Å². The van der Waals surface area contributed by atoms with E-state index in [9.17, 15) is 14.0 Å². The number of esters is 1. The lowest BCUT2D eigenvalue weighted by atomic mass is 10.2. The zero-order valence-electron chi connectivity index (χ0n) is 12.3. The van der Waals surface area contributed by atoms with Crippen LogP contribution in [0.25, 0.3) is 0 Å². The van der Waals surface area contributed by atoms with Gasteiger partial charge in [-0.25, -0.2) is 9.18 Å². The monoisotopic (exact) mass is 321 g/mol. The third-order valence-electron chi connectivity index (χ3n) is 3.01. The fourth-order valence-electron chi connectivity index (χ4n) is 1.90. The Kier molecular flexibility index (Phi) is 5.27. The summed E-state index contributed by atoms with van der Waals surface area (Å²) in [5, 5.41) is 2.52. The van der Waals surface area contributed by atoms with Gasteiger partial charge in [-0.05, 0) is 49.2 Å². The summed E-state index contributed by atoms with van der Waals surface area (Å²) < 4.78 is 17.7. The molecule has 1 aromatic heterocycles. The van der Waals surface area contributed by atoms with Gasteiger partial charge in [0.05, 0.1) is 0 Å². The highest BCUT2D eigenvalue weighted by molar-refractivity contribution is 7.14. The van der Waals surface area contributed by atoms with Crippen molar-refractivity contribution in [1.29, 1.82) is 0 Å². The Morgan fingerprint density at radius 3 is 2.55 bits per heavy atom. The number of carbonyl (C=O) groups is 2. The van der Waals surface area contributed by atoms with Gasteiger partial charge in [0.25, 0.3) is 5.91 Å². The summed E-state index contributed by atoms with van der Waals surface area (Å²) in [6.45, 7) is 3.58. The van der Waals surface area contributed by atoms with E-state index in [0.717, 1.165) is 16.9 Å². The van der Waals surface area contributed by atoms with Gasteiger partial charge in [0.2, 0.25) is 0 Å². The second kappa shape index (κ2) is 7.17. The predicted octanol–water partition coefficient (Wildman–Crippen LogP) is 3.55. The lowest BCUT2D eigenvalue weighted by Gasteiger charge is -2.05. The summed E-state index contributed by atoms with van der Waals surface area (Å²) in [4.78, 5) is 25.2. The van der Waals surface area contributed by atoms with E-state index in [4.69, 9.17) is 4.74 Å². The van der Waals surface area contributed by atoms with Crippen molar-refractivity contribution in [2.45, 2.75) is 20.3 Å². The van der Waals surface area contributed by atoms with Crippen LogP contribution in [0.5, 0.6) is 0 Å². The molecule has 6 heteroatoms. The van der Waals surface area contributed by atoms with Crippen molar-refractivity contribution >= 4 is 28.9 Å². The Labute approximate surface area is 131 Å². The number of carbonyl (C=O) groups excluding carboxylic acids is 2. The number of ether oxygens (including phenoxy) is 1. The topological polar surface area (TPSA) is 55.4 Å². The zero-order chi connectivity index (χ0) is 16.1. The molecule has 0 aliphatic heterocycles. The molecule has 0 saturated heterocycles. The molecule has 0 atom stereocenters. The van der Waals surface area contributed by atoms with Crippen LogP contribution in [-0.2, 0) is 16.0 Å². The summed E-state index contributed by atoms with van der Waals surface area (Å²) in [5.41, 5.74) is 1.50. The minimum atomic E-state index is -0.512. The predicted molar refractivity (Wildman–Crippen MR) is 83.7 cm³/mol. The van der Waals surface area contributed by atoms with Crippen LogP contribution < -0.4 is 5.32 Å². The molecule has 1 aromatic carbocycles.